The summed E-state index contributed by atoms with van der Waals surface area (Å²) in [5.41, 5.74) is 4.54. The summed E-state index contributed by atoms with van der Waals surface area (Å²) in [6.45, 7) is 1.29. The fraction of sp³-hybridized carbons (Fsp3) is 0.321. The molecule has 0 aromatic heterocycles. The Labute approximate surface area is 218 Å². The average Bonchev–Trinajstić information content (AvgIpc) is 2.87. The van der Waals surface area contributed by atoms with E-state index in [1.54, 1.807) is 12.1 Å². The summed E-state index contributed by atoms with van der Waals surface area (Å²) < 4.78 is 11.8. The Morgan fingerprint density at radius 1 is 1.08 bits per heavy atom. The van der Waals surface area contributed by atoms with Crippen molar-refractivity contribution in [1.29, 1.82) is 0 Å². The normalized spacial score (nSPS) is 15.1. The largest absolute Gasteiger partial charge is 0.491 e. The summed E-state index contributed by atoms with van der Waals surface area (Å²) in [5.74, 6) is 0.683. The smallest absolute Gasteiger partial charge is 0.335 e. The van der Waals surface area contributed by atoms with Crippen molar-refractivity contribution >= 4 is 24.1 Å². The minimum absolute atomic E-state index is 0. The van der Waals surface area contributed by atoms with E-state index in [0.29, 0.717) is 13.1 Å². The van der Waals surface area contributed by atoms with Gasteiger partial charge in [0.1, 0.15) is 30.3 Å². The van der Waals surface area contributed by atoms with Crippen LogP contribution in [0.25, 0.3) is 11.1 Å². The number of anilines is 1. The van der Waals surface area contributed by atoms with Gasteiger partial charge < -0.3 is 29.9 Å². The Kier molecular flexibility index (Phi) is 9.58. The monoisotopic (exact) mass is 512 g/mol. The third-order valence-electron chi connectivity index (χ3n) is 6.10. The van der Waals surface area contributed by atoms with E-state index in [1.165, 1.54) is 0 Å². The summed E-state index contributed by atoms with van der Waals surface area (Å²) in [6.07, 6.45) is 1.20. The Morgan fingerprint density at radius 3 is 2.44 bits per heavy atom. The predicted octanol–water partition coefficient (Wildman–Crippen LogP) is 4.26. The number of carboxylic acid groups (broad SMARTS) is 1. The molecule has 1 aliphatic heterocycles. The van der Waals surface area contributed by atoms with Crippen LogP contribution in [0.4, 0.5) is 5.69 Å². The summed E-state index contributed by atoms with van der Waals surface area (Å²) in [6, 6.07) is 20.8. The highest BCUT2D eigenvalue weighted by Gasteiger charge is 2.20. The minimum atomic E-state index is -0.926. The zero-order chi connectivity index (χ0) is 24.8. The Bertz CT molecular complexity index is 1140. The van der Waals surface area contributed by atoms with Gasteiger partial charge in [-0.3, -0.25) is 0 Å². The molecule has 36 heavy (non-hydrogen) atoms. The molecule has 3 aromatic rings. The van der Waals surface area contributed by atoms with Gasteiger partial charge in [0.05, 0.1) is 5.56 Å². The molecule has 3 aromatic carbocycles. The number of carboxylic acids is 1. The lowest BCUT2D eigenvalue weighted by Crippen LogP contribution is -2.39. The number of aromatic carboxylic acids is 1. The van der Waals surface area contributed by atoms with E-state index in [1.807, 2.05) is 67.5 Å². The molecule has 0 aliphatic carbocycles. The third-order valence-corrected chi connectivity index (χ3v) is 6.10. The number of nitrogens with zero attached hydrogens (tertiary/aromatic N) is 1. The maximum absolute atomic E-state index is 11.1. The molecule has 7 nitrogen and oxygen atoms in total. The quantitative estimate of drug-likeness (QED) is 0.374. The van der Waals surface area contributed by atoms with Gasteiger partial charge in [0, 0.05) is 32.9 Å². The summed E-state index contributed by atoms with van der Waals surface area (Å²) in [7, 11) is 3.98. The first-order valence-electron chi connectivity index (χ1n) is 11.8. The predicted molar refractivity (Wildman–Crippen MR) is 144 cm³/mol. The van der Waals surface area contributed by atoms with Crippen molar-refractivity contribution in [2.75, 3.05) is 38.7 Å². The first-order valence-corrected chi connectivity index (χ1v) is 11.8. The third kappa shape index (κ3) is 7.13. The number of aliphatic hydroxyl groups is 1. The van der Waals surface area contributed by atoms with Crippen LogP contribution in [-0.4, -0.2) is 62.2 Å². The van der Waals surface area contributed by atoms with Gasteiger partial charge in [0.25, 0.3) is 0 Å². The van der Waals surface area contributed by atoms with E-state index >= 15 is 0 Å². The van der Waals surface area contributed by atoms with E-state index in [4.69, 9.17) is 14.6 Å². The fourth-order valence-electron chi connectivity index (χ4n) is 4.08. The number of hydrogen-bond acceptors (Lipinski definition) is 6. The average molecular weight is 513 g/mol. The molecule has 0 radical (unpaired) electrons. The molecule has 4 rings (SSSR count). The van der Waals surface area contributed by atoms with E-state index in [9.17, 15) is 9.90 Å². The van der Waals surface area contributed by atoms with E-state index in [-0.39, 0.29) is 30.7 Å². The van der Waals surface area contributed by atoms with Gasteiger partial charge in [-0.25, -0.2) is 4.79 Å². The molecule has 192 valence electrons. The van der Waals surface area contributed by atoms with Gasteiger partial charge in [-0.2, -0.15) is 0 Å². The molecular formula is C28H33ClN2O5. The highest BCUT2D eigenvalue weighted by molar-refractivity contribution is 5.88. The molecule has 8 heteroatoms. The first-order chi connectivity index (χ1) is 16.9. The number of nitrogens with one attached hydrogen (secondary N) is 1. The lowest BCUT2D eigenvalue weighted by atomic mass is 9.96. The molecule has 2 atom stereocenters. The second-order valence-electron chi connectivity index (χ2n) is 8.99. The highest BCUT2D eigenvalue weighted by atomic mass is 35.5. The van der Waals surface area contributed by atoms with Crippen LogP contribution in [0.2, 0.25) is 0 Å². The van der Waals surface area contributed by atoms with Gasteiger partial charge in [-0.15, -0.1) is 12.4 Å². The van der Waals surface area contributed by atoms with Crippen LogP contribution in [0.5, 0.6) is 11.5 Å². The van der Waals surface area contributed by atoms with Gasteiger partial charge in [-0.1, -0.05) is 18.2 Å². The second-order valence-corrected chi connectivity index (χ2v) is 8.99. The zero-order valence-electron chi connectivity index (χ0n) is 20.5. The summed E-state index contributed by atoms with van der Waals surface area (Å²) >= 11 is 0. The molecule has 0 spiro atoms. The minimum Gasteiger partial charge on any atom is -0.491 e. The van der Waals surface area contributed by atoms with Crippen molar-refractivity contribution in [3.05, 3.63) is 77.9 Å². The number of fused-ring (bicyclic) bond motifs is 1. The number of ether oxygens (including phenoxy) is 2. The molecule has 0 amide bonds. The molecule has 0 saturated carbocycles. The molecule has 0 unspecified atom stereocenters. The van der Waals surface area contributed by atoms with Crippen LogP contribution in [0, 0.1) is 0 Å². The Balaban J connectivity index is 0.00000361. The van der Waals surface area contributed by atoms with Crippen LogP contribution in [-0.2, 0) is 6.42 Å². The van der Waals surface area contributed by atoms with E-state index in [2.05, 4.69) is 11.4 Å². The van der Waals surface area contributed by atoms with Crippen molar-refractivity contribution < 1.29 is 24.5 Å². The molecule has 1 heterocycles. The van der Waals surface area contributed by atoms with Crippen LogP contribution in [0.3, 0.4) is 0 Å². The fourth-order valence-corrected chi connectivity index (χ4v) is 4.08. The zero-order valence-corrected chi connectivity index (χ0v) is 21.3. The van der Waals surface area contributed by atoms with Crippen molar-refractivity contribution in [3.8, 4) is 22.6 Å². The molecule has 0 fully saturated rings. The van der Waals surface area contributed by atoms with Crippen LogP contribution in [0.1, 0.15) is 22.3 Å². The van der Waals surface area contributed by atoms with Crippen molar-refractivity contribution in [1.82, 2.24) is 5.32 Å². The molecule has 3 N–H and O–H groups in total. The number of rotatable bonds is 10. The van der Waals surface area contributed by atoms with Crippen LogP contribution < -0.4 is 19.7 Å². The lowest BCUT2D eigenvalue weighted by molar-refractivity contribution is 0.0697. The SMILES string of the molecule is CN(C)c1ccc(OC[C@@H](O)CNC[C@H]2CCc3cc(-c4ccc(C(=O)O)cc4)ccc3O2)cc1.Cl. The number of aryl methyl sites for hydroxylation is 1. The molecule has 0 bridgehead atoms. The number of aliphatic hydroxyl groups excluding tert-OH is 1. The molecular weight excluding hydrogens is 480 g/mol. The van der Waals surface area contributed by atoms with Gasteiger partial charge >= 0.3 is 5.97 Å². The van der Waals surface area contributed by atoms with E-state index in [0.717, 1.165) is 46.7 Å². The van der Waals surface area contributed by atoms with Crippen molar-refractivity contribution in [2.45, 2.75) is 25.0 Å². The lowest BCUT2D eigenvalue weighted by Gasteiger charge is -2.27. The van der Waals surface area contributed by atoms with Gasteiger partial charge in [0.15, 0.2) is 0 Å². The van der Waals surface area contributed by atoms with Crippen molar-refractivity contribution in [3.63, 3.8) is 0 Å². The topological polar surface area (TPSA) is 91.3 Å². The number of halogens is 1. The summed E-state index contributed by atoms with van der Waals surface area (Å²) in [5, 5.41) is 22.6. The van der Waals surface area contributed by atoms with E-state index < -0.39 is 12.1 Å². The summed E-state index contributed by atoms with van der Waals surface area (Å²) in [4.78, 5) is 13.1. The number of hydrogen-bond donors (Lipinski definition) is 3. The standard InChI is InChI=1S/C28H32N2O5.ClH/c1-30(2)23-9-12-25(13-10-23)34-18-24(31)16-29-17-26-11-7-22-15-21(8-14-27(22)35-26)19-3-5-20(6-4-19)28(32)33;/h3-6,8-10,12-15,24,26,29,31H,7,11,16-18H2,1-2H3,(H,32,33);1H/t24-,26+;/m0./s1. The first kappa shape index (κ1) is 27.3. The molecule has 1 aliphatic rings. The van der Waals surface area contributed by atoms with Crippen LogP contribution in [0.15, 0.2) is 66.7 Å². The second kappa shape index (κ2) is 12.6. The maximum atomic E-state index is 11.1. The number of benzene rings is 3. The Hall–Kier alpha value is -3.26. The highest BCUT2D eigenvalue weighted by Crippen LogP contribution is 2.32. The molecule has 0 saturated heterocycles. The van der Waals surface area contributed by atoms with Gasteiger partial charge in [0.2, 0.25) is 0 Å². The van der Waals surface area contributed by atoms with Gasteiger partial charge in [-0.05, 0) is 78.1 Å². The Morgan fingerprint density at radius 2 is 1.78 bits per heavy atom. The van der Waals surface area contributed by atoms with Crippen molar-refractivity contribution in [2.24, 2.45) is 0 Å². The maximum Gasteiger partial charge on any atom is 0.335 e. The van der Waals surface area contributed by atoms with Crippen LogP contribution >= 0.6 is 12.4 Å². The number of carbonyl (C=O) groups is 1.